The van der Waals surface area contributed by atoms with Crippen molar-refractivity contribution in [1.29, 1.82) is 0 Å². The lowest BCUT2D eigenvalue weighted by Crippen LogP contribution is -2.21. The van der Waals surface area contributed by atoms with Gasteiger partial charge in [0.15, 0.2) is 5.65 Å². The first-order valence-corrected chi connectivity index (χ1v) is 9.82. The highest BCUT2D eigenvalue weighted by Gasteiger charge is 2.16. The van der Waals surface area contributed by atoms with Crippen molar-refractivity contribution in [2.24, 2.45) is 0 Å². The highest BCUT2D eigenvalue weighted by Crippen LogP contribution is 2.28. The van der Waals surface area contributed by atoms with Gasteiger partial charge in [0.2, 0.25) is 0 Å². The van der Waals surface area contributed by atoms with Gasteiger partial charge in [-0.15, -0.1) is 0 Å². The molecule has 0 aliphatic carbocycles. The van der Waals surface area contributed by atoms with Gasteiger partial charge in [0, 0.05) is 23.5 Å². The molecule has 0 saturated carbocycles. The van der Waals surface area contributed by atoms with Crippen LogP contribution < -0.4 is 10.3 Å². The van der Waals surface area contributed by atoms with Crippen molar-refractivity contribution in [1.82, 2.24) is 19.2 Å². The number of aromatic nitrogens is 4. The molecule has 0 radical (unpaired) electrons. The van der Waals surface area contributed by atoms with Crippen LogP contribution in [0.5, 0.6) is 5.75 Å². The van der Waals surface area contributed by atoms with E-state index in [2.05, 4.69) is 10.1 Å². The van der Waals surface area contributed by atoms with Crippen LogP contribution in [-0.4, -0.2) is 26.3 Å². The molecule has 5 aromatic rings. The lowest BCUT2D eigenvalue weighted by Gasteiger charge is -2.11. The van der Waals surface area contributed by atoms with Crippen LogP contribution in [0.15, 0.2) is 71.8 Å². The number of benzene rings is 2. The highest BCUT2D eigenvalue weighted by atomic mass is 19.1. The molecule has 0 atom stereocenters. The normalized spacial score (nSPS) is 11.3. The summed E-state index contributed by atoms with van der Waals surface area (Å²) in [4.78, 5) is 17.7. The number of hydrogen-bond acceptors (Lipinski definition) is 4. The minimum absolute atomic E-state index is 0.158. The van der Waals surface area contributed by atoms with Crippen LogP contribution in [0.1, 0.15) is 11.3 Å². The molecule has 3 aromatic heterocycles. The van der Waals surface area contributed by atoms with Crippen molar-refractivity contribution in [2.75, 3.05) is 7.11 Å². The zero-order valence-corrected chi connectivity index (χ0v) is 17.0. The first-order chi connectivity index (χ1) is 15.1. The molecule has 154 valence electrons. The predicted molar refractivity (Wildman–Crippen MR) is 117 cm³/mol. The summed E-state index contributed by atoms with van der Waals surface area (Å²) in [6.45, 7) is 2.26. The lowest BCUT2D eigenvalue weighted by molar-refractivity contribution is 0.408. The summed E-state index contributed by atoms with van der Waals surface area (Å²) in [5.41, 5.74) is 4.44. The van der Waals surface area contributed by atoms with E-state index in [1.165, 1.54) is 12.1 Å². The van der Waals surface area contributed by atoms with Crippen molar-refractivity contribution in [3.05, 3.63) is 94.4 Å². The smallest absolute Gasteiger partial charge is 0.261 e. The predicted octanol–water partition coefficient (Wildman–Crippen LogP) is 4.22. The van der Waals surface area contributed by atoms with E-state index in [9.17, 15) is 9.18 Å². The minimum Gasteiger partial charge on any atom is -0.496 e. The first kappa shape index (κ1) is 19.0. The number of pyridine rings is 1. The number of methoxy groups -OCH3 is 1. The summed E-state index contributed by atoms with van der Waals surface area (Å²) in [5.74, 6) is 0.432. The summed E-state index contributed by atoms with van der Waals surface area (Å²) >= 11 is 0. The van der Waals surface area contributed by atoms with Gasteiger partial charge in [-0.3, -0.25) is 4.79 Å². The Labute approximate surface area is 177 Å². The second-order valence-corrected chi connectivity index (χ2v) is 7.32. The van der Waals surface area contributed by atoms with Gasteiger partial charge in [-0.25, -0.2) is 13.9 Å². The van der Waals surface area contributed by atoms with Crippen molar-refractivity contribution >= 4 is 16.6 Å². The van der Waals surface area contributed by atoms with E-state index in [4.69, 9.17) is 4.74 Å². The third kappa shape index (κ3) is 3.15. The lowest BCUT2D eigenvalue weighted by atomic mass is 10.1. The minimum atomic E-state index is -0.299. The van der Waals surface area contributed by atoms with E-state index in [-0.39, 0.29) is 11.4 Å². The molecule has 0 bridgehead atoms. The highest BCUT2D eigenvalue weighted by molar-refractivity contribution is 5.86. The maximum atomic E-state index is 13.4. The van der Waals surface area contributed by atoms with Gasteiger partial charge in [-0.2, -0.15) is 5.10 Å². The van der Waals surface area contributed by atoms with Crippen LogP contribution in [0.3, 0.4) is 0 Å². The second-order valence-electron chi connectivity index (χ2n) is 7.32. The second kappa shape index (κ2) is 7.36. The quantitative estimate of drug-likeness (QED) is 0.442. The number of para-hydroxylation sites is 1. The molecule has 3 heterocycles. The molecule has 6 nitrogen and oxygen atoms in total. The fourth-order valence-corrected chi connectivity index (χ4v) is 3.91. The molecule has 0 saturated heterocycles. The van der Waals surface area contributed by atoms with Crippen LogP contribution >= 0.6 is 0 Å². The average Bonchev–Trinajstić information content (AvgIpc) is 3.12. The van der Waals surface area contributed by atoms with E-state index < -0.39 is 0 Å². The van der Waals surface area contributed by atoms with E-state index in [0.717, 1.165) is 28.1 Å². The van der Waals surface area contributed by atoms with Gasteiger partial charge in [0.1, 0.15) is 11.6 Å². The third-order valence-electron chi connectivity index (χ3n) is 5.43. The molecule has 0 N–H and O–H groups in total. The summed E-state index contributed by atoms with van der Waals surface area (Å²) in [7, 11) is 1.61. The van der Waals surface area contributed by atoms with Crippen molar-refractivity contribution in [2.45, 2.75) is 13.5 Å². The molecule has 0 spiro atoms. The average molecular weight is 414 g/mol. The molecular formula is C24H19FN4O2. The summed E-state index contributed by atoms with van der Waals surface area (Å²) in [6, 6.07) is 15.7. The topological polar surface area (TPSA) is 61.4 Å². The van der Waals surface area contributed by atoms with Gasteiger partial charge < -0.3 is 9.30 Å². The fourth-order valence-electron chi connectivity index (χ4n) is 3.91. The van der Waals surface area contributed by atoms with Gasteiger partial charge in [0.05, 0.1) is 30.3 Å². The number of fused-ring (bicyclic) bond motifs is 3. The summed E-state index contributed by atoms with van der Waals surface area (Å²) in [6.07, 6.45) is 3.34. The Hall–Kier alpha value is -4.00. The number of aryl methyl sites for hydroxylation is 1. The number of rotatable bonds is 4. The zero-order valence-electron chi connectivity index (χ0n) is 17.0. The molecule has 31 heavy (non-hydrogen) atoms. The Balaban J connectivity index is 1.65. The molecule has 0 fully saturated rings. The van der Waals surface area contributed by atoms with Crippen LogP contribution in [0, 0.1) is 12.7 Å². The van der Waals surface area contributed by atoms with Crippen molar-refractivity contribution in [3.8, 4) is 16.9 Å². The maximum Gasteiger partial charge on any atom is 0.261 e. The Morgan fingerprint density at radius 2 is 1.84 bits per heavy atom. The molecule has 2 aromatic carbocycles. The molecule has 0 aliphatic rings. The van der Waals surface area contributed by atoms with Crippen LogP contribution in [0.4, 0.5) is 4.39 Å². The van der Waals surface area contributed by atoms with Crippen LogP contribution in [-0.2, 0) is 6.54 Å². The van der Waals surface area contributed by atoms with E-state index >= 15 is 0 Å². The maximum absolute atomic E-state index is 13.4. The molecule has 0 unspecified atom stereocenters. The van der Waals surface area contributed by atoms with Gasteiger partial charge in [-0.05, 0) is 36.8 Å². The zero-order chi connectivity index (χ0) is 21.5. The number of ether oxygens (including phenoxy) is 1. The SMILES string of the molecule is COc1ccccc1Cn1ccc2c(cnc3c(-c4ccc(F)cc4)c(C)nn32)c1=O. The third-order valence-corrected chi connectivity index (χ3v) is 5.43. The van der Waals surface area contributed by atoms with Gasteiger partial charge >= 0.3 is 0 Å². The first-order valence-electron chi connectivity index (χ1n) is 9.82. The van der Waals surface area contributed by atoms with Crippen LogP contribution in [0.25, 0.3) is 27.7 Å². The Kier molecular flexibility index (Phi) is 4.51. The number of hydrogen-bond donors (Lipinski definition) is 0. The monoisotopic (exact) mass is 414 g/mol. The Morgan fingerprint density at radius 1 is 1.06 bits per heavy atom. The van der Waals surface area contributed by atoms with E-state index in [1.807, 2.05) is 37.3 Å². The molecule has 5 rings (SSSR count). The molecule has 7 heteroatoms. The van der Waals surface area contributed by atoms with Crippen LogP contribution in [0.2, 0.25) is 0 Å². The molecule has 0 amide bonds. The number of nitrogens with zero attached hydrogens (tertiary/aromatic N) is 4. The largest absolute Gasteiger partial charge is 0.496 e. The number of halogens is 1. The Bertz CT molecular complexity index is 1490. The van der Waals surface area contributed by atoms with E-state index in [1.54, 1.807) is 40.7 Å². The van der Waals surface area contributed by atoms with Crippen molar-refractivity contribution < 1.29 is 9.13 Å². The summed E-state index contributed by atoms with van der Waals surface area (Å²) in [5, 5.41) is 5.08. The summed E-state index contributed by atoms with van der Waals surface area (Å²) < 4.78 is 22.1. The fraction of sp³-hybridized carbons (Fsp3) is 0.125. The molecular weight excluding hydrogens is 395 g/mol. The van der Waals surface area contributed by atoms with E-state index in [0.29, 0.717) is 23.1 Å². The van der Waals surface area contributed by atoms with Gasteiger partial charge in [0.25, 0.3) is 5.56 Å². The van der Waals surface area contributed by atoms with Gasteiger partial charge in [-0.1, -0.05) is 30.3 Å². The standard InChI is InChI=1S/C24H19FN4O2/c1-15-22(16-7-9-18(25)10-8-16)23-26-13-19-20(29(23)27-15)11-12-28(24(19)30)14-17-5-3-4-6-21(17)31-2/h3-13H,14H2,1-2H3. The molecule has 0 aliphatic heterocycles. The van der Waals surface area contributed by atoms with Crippen molar-refractivity contribution in [3.63, 3.8) is 0 Å². The Morgan fingerprint density at radius 3 is 2.61 bits per heavy atom.